The summed E-state index contributed by atoms with van der Waals surface area (Å²) < 4.78 is 0.803. The molecule has 1 aromatic carbocycles. The highest BCUT2D eigenvalue weighted by molar-refractivity contribution is 9.10. The van der Waals surface area contributed by atoms with Crippen LogP contribution in [0.3, 0.4) is 0 Å². The molecule has 5 heteroatoms. The predicted molar refractivity (Wildman–Crippen MR) is 76.8 cm³/mol. The van der Waals surface area contributed by atoms with Gasteiger partial charge in [-0.15, -0.1) is 0 Å². The van der Waals surface area contributed by atoms with Gasteiger partial charge >= 0.3 is 0 Å². The number of nitrogens with zero attached hydrogens (tertiary/aromatic N) is 1. The molecule has 0 heterocycles. The first-order chi connectivity index (χ1) is 7.84. The molecule has 94 valence electrons. The van der Waals surface area contributed by atoms with Crippen LogP contribution in [0.5, 0.6) is 0 Å². The average Bonchev–Trinajstić information content (AvgIpc) is 2.19. The molecule has 2 atom stereocenters. The lowest BCUT2D eigenvalue weighted by Gasteiger charge is -2.25. The van der Waals surface area contributed by atoms with Crippen LogP contribution in [-0.4, -0.2) is 9.75 Å². The van der Waals surface area contributed by atoms with Crippen molar-refractivity contribution in [3.63, 3.8) is 0 Å². The van der Waals surface area contributed by atoms with Crippen LogP contribution in [0.4, 0.5) is 5.69 Å². The van der Waals surface area contributed by atoms with Crippen molar-refractivity contribution in [3.8, 4) is 0 Å². The molecule has 0 aliphatic carbocycles. The van der Waals surface area contributed by atoms with Gasteiger partial charge in [0.1, 0.15) is 0 Å². The molecule has 0 spiro atoms. The second-order valence-corrected chi connectivity index (χ2v) is 6.71. The molecule has 0 aliphatic rings. The Labute approximate surface area is 118 Å². The van der Waals surface area contributed by atoms with Crippen molar-refractivity contribution in [1.29, 1.82) is 0 Å². The number of hydrogen-bond donors (Lipinski definition) is 0. The van der Waals surface area contributed by atoms with Crippen LogP contribution in [0.1, 0.15) is 32.3 Å². The molecule has 0 amide bonds. The van der Waals surface area contributed by atoms with E-state index in [1.54, 1.807) is 12.1 Å². The van der Waals surface area contributed by atoms with Crippen LogP contribution in [0.25, 0.3) is 0 Å². The van der Waals surface area contributed by atoms with E-state index in [9.17, 15) is 10.1 Å². The maximum atomic E-state index is 10.7. The number of alkyl halides is 1. The zero-order valence-electron chi connectivity index (χ0n) is 9.98. The fourth-order valence-electron chi connectivity index (χ4n) is 2.04. The first kappa shape index (κ1) is 14.6. The monoisotopic (exact) mass is 363 g/mol. The largest absolute Gasteiger partial charge is 0.270 e. The standard InChI is InChI=1S/C12H15Br2NO2/c1-7(2)12(8(3)13)10-5-4-9(15(16)17)6-11(10)14/h4-8,12H,1-3H3. The molecule has 0 fully saturated rings. The molecule has 17 heavy (non-hydrogen) atoms. The van der Waals surface area contributed by atoms with Crippen LogP contribution < -0.4 is 0 Å². The summed E-state index contributed by atoms with van der Waals surface area (Å²) >= 11 is 7.03. The molecule has 0 aromatic heterocycles. The summed E-state index contributed by atoms with van der Waals surface area (Å²) in [6.45, 7) is 6.39. The van der Waals surface area contributed by atoms with Gasteiger partial charge in [0.2, 0.25) is 0 Å². The van der Waals surface area contributed by atoms with Crippen molar-refractivity contribution in [1.82, 2.24) is 0 Å². The lowest BCUT2D eigenvalue weighted by atomic mass is 9.86. The lowest BCUT2D eigenvalue weighted by Crippen LogP contribution is -2.16. The molecule has 2 unspecified atom stereocenters. The molecular weight excluding hydrogens is 350 g/mol. The average molecular weight is 365 g/mol. The van der Waals surface area contributed by atoms with E-state index < -0.39 is 0 Å². The van der Waals surface area contributed by atoms with Gasteiger partial charge in [0.05, 0.1) is 4.92 Å². The van der Waals surface area contributed by atoms with E-state index in [1.165, 1.54) is 0 Å². The van der Waals surface area contributed by atoms with Gasteiger partial charge in [-0.3, -0.25) is 10.1 Å². The van der Waals surface area contributed by atoms with Gasteiger partial charge in [-0.25, -0.2) is 0 Å². The van der Waals surface area contributed by atoms with Crippen LogP contribution >= 0.6 is 31.9 Å². The van der Waals surface area contributed by atoms with Gasteiger partial charge in [0.15, 0.2) is 0 Å². The number of nitro groups is 1. The van der Waals surface area contributed by atoms with Crippen molar-refractivity contribution < 1.29 is 4.92 Å². The molecule has 1 rings (SSSR count). The predicted octanol–water partition coefficient (Wildman–Crippen LogP) is 4.88. The minimum Gasteiger partial charge on any atom is -0.258 e. The number of non-ortho nitro benzene ring substituents is 1. The smallest absolute Gasteiger partial charge is 0.258 e. The van der Waals surface area contributed by atoms with E-state index in [-0.39, 0.29) is 10.6 Å². The third kappa shape index (κ3) is 3.52. The quantitative estimate of drug-likeness (QED) is 0.434. The van der Waals surface area contributed by atoms with Gasteiger partial charge in [-0.2, -0.15) is 0 Å². The second kappa shape index (κ2) is 5.96. The van der Waals surface area contributed by atoms with Crippen LogP contribution in [0.15, 0.2) is 22.7 Å². The maximum Gasteiger partial charge on any atom is 0.270 e. The fraction of sp³-hybridized carbons (Fsp3) is 0.500. The molecule has 0 radical (unpaired) electrons. The van der Waals surface area contributed by atoms with Crippen LogP contribution in [0, 0.1) is 16.0 Å². The molecular formula is C12H15Br2NO2. The van der Waals surface area contributed by atoms with Gasteiger partial charge in [0.25, 0.3) is 5.69 Å². The minimum absolute atomic E-state index is 0.116. The van der Waals surface area contributed by atoms with Gasteiger partial charge in [0, 0.05) is 21.4 Å². The van der Waals surface area contributed by atoms with Crippen molar-refractivity contribution in [3.05, 3.63) is 38.3 Å². The Morgan fingerprint density at radius 3 is 2.24 bits per heavy atom. The van der Waals surface area contributed by atoms with Crippen LogP contribution in [0.2, 0.25) is 0 Å². The zero-order chi connectivity index (χ0) is 13.2. The third-order valence-electron chi connectivity index (χ3n) is 2.77. The summed E-state index contributed by atoms with van der Waals surface area (Å²) in [6, 6.07) is 4.97. The van der Waals surface area contributed by atoms with E-state index in [0.29, 0.717) is 16.7 Å². The normalized spacial score (nSPS) is 14.7. The Bertz CT molecular complexity index is 411. The molecule has 3 nitrogen and oxygen atoms in total. The second-order valence-electron chi connectivity index (χ2n) is 4.41. The molecule has 0 saturated heterocycles. The zero-order valence-corrected chi connectivity index (χ0v) is 13.2. The van der Waals surface area contributed by atoms with Crippen molar-refractivity contribution >= 4 is 37.5 Å². The number of hydrogen-bond acceptors (Lipinski definition) is 2. The molecule has 0 aliphatic heterocycles. The Morgan fingerprint density at radius 2 is 1.88 bits per heavy atom. The fourth-order valence-corrected chi connectivity index (χ4v) is 3.56. The van der Waals surface area contributed by atoms with Gasteiger partial charge < -0.3 is 0 Å². The molecule has 0 N–H and O–H groups in total. The van der Waals surface area contributed by atoms with Gasteiger partial charge in [-0.05, 0) is 17.4 Å². The number of nitro benzene ring substituents is 1. The summed E-state index contributed by atoms with van der Waals surface area (Å²) in [4.78, 5) is 10.6. The Morgan fingerprint density at radius 1 is 1.29 bits per heavy atom. The van der Waals surface area contributed by atoms with Crippen LogP contribution in [-0.2, 0) is 0 Å². The minimum atomic E-state index is -0.378. The van der Waals surface area contributed by atoms with E-state index >= 15 is 0 Å². The highest BCUT2D eigenvalue weighted by Crippen LogP contribution is 2.37. The Kier molecular flexibility index (Phi) is 5.13. The molecule has 0 saturated carbocycles. The first-order valence-electron chi connectivity index (χ1n) is 5.42. The number of benzene rings is 1. The maximum absolute atomic E-state index is 10.7. The molecule has 1 aromatic rings. The summed E-state index contributed by atoms with van der Waals surface area (Å²) in [5.41, 5.74) is 1.22. The first-order valence-corrected chi connectivity index (χ1v) is 7.13. The van der Waals surface area contributed by atoms with Crippen molar-refractivity contribution in [2.75, 3.05) is 0 Å². The van der Waals surface area contributed by atoms with E-state index in [2.05, 4.69) is 52.6 Å². The third-order valence-corrected chi connectivity index (χ3v) is 4.02. The van der Waals surface area contributed by atoms with E-state index in [0.717, 1.165) is 10.0 Å². The van der Waals surface area contributed by atoms with Crippen molar-refractivity contribution in [2.45, 2.75) is 31.5 Å². The Balaban J connectivity index is 3.18. The molecule has 0 bridgehead atoms. The lowest BCUT2D eigenvalue weighted by molar-refractivity contribution is -0.384. The number of halogens is 2. The topological polar surface area (TPSA) is 43.1 Å². The number of rotatable bonds is 4. The highest BCUT2D eigenvalue weighted by Gasteiger charge is 2.24. The van der Waals surface area contributed by atoms with Gasteiger partial charge in [-0.1, -0.05) is 58.7 Å². The Hall–Kier alpha value is -0.420. The summed E-state index contributed by atoms with van der Waals surface area (Å²) in [5, 5.41) is 10.7. The summed E-state index contributed by atoms with van der Waals surface area (Å²) in [5.74, 6) is 0.785. The van der Waals surface area contributed by atoms with E-state index in [4.69, 9.17) is 0 Å². The SMILES string of the molecule is CC(C)C(c1ccc([N+](=O)[O-])cc1Br)C(C)Br. The van der Waals surface area contributed by atoms with Crippen molar-refractivity contribution in [2.24, 2.45) is 5.92 Å². The highest BCUT2D eigenvalue weighted by atomic mass is 79.9. The van der Waals surface area contributed by atoms with E-state index in [1.807, 2.05) is 6.07 Å². The summed E-state index contributed by atoms with van der Waals surface area (Å²) in [6.07, 6.45) is 0. The summed E-state index contributed by atoms with van der Waals surface area (Å²) in [7, 11) is 0.